The summed E-state index contributed by atoms with van der Waals surface area (Å²) in [6.07, 6.45) is 3.44. The smallest absolute Gasteiger partial charge is 0.130 e. The third-order valence-electron chi connectivity index (χ3n) is 2.29. The van der Waals surface area contributed by atoms with E-state index in [-0.39, 0.29) is 6.10 Å². The number of ether oxygens (including phenoxy) is 1. The zero-order valence-electron chi connectivity index (χ0n) is 7.73. The second-order valence-electron chi connectivity index (χ2n) is 3.42. The normalized spacial score (nSPS) is 33.5. The molecule has 1 aromatic heterocycles. The van der Waals surface area contributed by atoms with E-state index < -0.39 is 0 Å². The van der Waals surface area contributed by atoms with Gasteiger partial charge >= 0.3 is 0 Å². The van der Waals surface area contributed by atoms with Crippen molar-refractivity contribution >= 4 is 16.5 Å². The van der Waals surface area contributed by atoms with Crippen molar-refractivity contribution in [3.8, 4) is 0 Å². The zero-order chi connectivity index (χ0) is 9.26. The van der Waals surface area contributed by atoms with E-state index in [1.165, 1.54) is 11.5 Å². The number of anilines is 1. The molecule has 5 heteroatoms. The summed E-state index contributed by atoms with van der Waals surface area (Å²) in [4.78, 5) is 0. The first-order valence-electron chi connectivity index (χ1n) is 4.45. The Labute approximate surface area is 81.5 Å². The highest BCUT2D eigenvalue weighted by atomic mass is 32.1. The summed E-state index contributed by atoms with van der Waals surface area (Å²) in [7, 11) is 0. The van der Waals surface area contributed by atoms with Gasteiger partial charge < -0.3 is 10.1 Å². The van der Waals surface area contributed by atoms with E-state index in [1.807, 2.05) is 0 Å². The van der Waals surface area contributed by atoms with Crippen LogP contribution in [0.5, 0.6) is 0 Å². The lowest BCUT2D eigenvalue weighted by atomic mass is 10.1. The summed E-state index contributed by atoms with van der Waals surface area (Å²) in [6, 6.07) is 0.400. The Morgan fingerprint density at radius 3 is 3.00 bits per heavy atom. The average molecular weight is 199 g/mol. The van der Waals surface area contributed by atoms with Gasteiger partial charge in [-0.05, 0) is 20.3 Å². The first-order valence-corrected chi connectivity index (χ1v) is 5.22. The number of rotatable bonds is 2. The Balaban J connectivity index is 1.95. The molecule has 13 heavy (non-hydrogen) atoms. The van der Waals surface area contributed by atoms with Crippen LogP contribution in [-0.4, -0.2) is 27.8 Å². The van der Waals surface area contributed by atoms with Crippen LogP contribution in [0.25, 0.3) is 0 Å². The molecule has 1 aromatic rings. The number of hydrogen-bond donors (Lipinski definition) is 1. The number of hydrogen-bond acceptors (Lipinski definition) is 5. The maximum absolute atomic E-state index is 5.62. The Hall–Kier alpha value is -0.680. The molecule has 0 radical (unpaired) electrons. The van der Waals surface area contributed by atoms with Gasteiger partial charge in [-0.15, -0.1) is 5.10 Å². The Morgan fingerprint density at radius 1 is 1.62 bits per heavy atom. The van der Waals surface area contributed by atoms with E-state index in [1.54, 1.807) is 6.20 Å². The Morgan fingerprint density at radius 2 is 2.46 bits per heavy atom. The fourth-order valence-electron chi connectivity index (χ4n) is 1.66. The van der Waals surface area contributed by atoms with Crippen LogP contribution in [0.2, 0.25) is 0 Å². The van der Waals surface area contributed by atoms with Crippen LogP contribution in [0.3, 0.4) is 0 Å². The molecule has 3 atom stereocenters. The molecule has 1 saturated heterocycles. The van der Waals surface area contributed by atoms with Crippen molar-refractivity contribution in [2.75, 3.05) is 5.32 Å². The summed E-state index contributed by atoms with van der Waals surface area (Å²) in [5.41, 5.74) is 0. The number of nitrogens with one attached hydrogen (secondary N) is 1. The van der Waals surface area contributed by atoms with Crippen LogP contribution in [0.4, 0.5) is 5.00 Å². The molecule has 0 saturated carbocycles. The van der Waals surface area contributed by atoms with Crippen LogP contribution in [0.1, 0.15) is 20.3 Å². The summed E-state index contributed by atoms with van der Waals surface area (Å²) in [6.45, 7) is 4.19. The second-order valence-corrected chi connectivity index (χ2v) is 4.21. The molecule has 1 fully saturated rings. The van der Waals surface area contributed by atoms with Crippen molar-refractivity contribution in [2.45, 2.75) is 38.5 Å². The van der Waals surface area contributed by atoms with Crippen molar-refractivity contribution in [1.29, 1.82) is 0 Å². The third kappa shape index (κ3) is 1.97. The lowest BCUT2D eigenvalue weighted by molar-refractivity contribution is 0.0651. The SMILES string of the molecule is CC1CC(Nc2cnns2)C(C)O1. The Bertz CT molecular complexity index is 264. The fourth-order valence-corrected chi connectivity index (χ4v) is 2.14. The van der Waals surface area contributed by atoms with Crippen LogP contribution in [-0.2, 0) is 4.74 Å². The molecule has 3 unspecified atom stereocenters. The third-order valence-corrected chi connectivity index (χ3v) is 2.88. The van der Waals surface area contributed by atoms with Crippen molar-refractivity contribution in [1.82, 2.24) is 9.59 Å². The minimum atomic E-state index is 0.275. The van der Waals surface area contributed by atoms with E-state index in [2.05, 4.69) is 28.8 Å². The molecular weight excluding hydrogens is 186 g/mol. The second kappa shape index (κ2) is 3.59. The molecule has 72 valence electrons. The van der Waals surface area contributed by atoms with Crippen molar-refractivity contribution in [3.63, 3.8) is 0 Å². The minimum Gasteiger partial charge on any atom is -0.373 e. The molecule has 4 nitrogen and oxygen atoms in total. The molecule has 1 N–H and O–H groups in total. The first kappa shape index (κ1) is 8.90. The molecule has 0 amide bonds. The van der Waals surface area contributed by atoms with Gasteiger partial charge in [-0.1, -0.05) is 4.49 Å². The predicted molar refractivity (Wildman–Crippen MR) is 51.9 cm³/mol. The summed E-state index contributed by atoms with van der Waals surface area (Å²) in [5.74, 6) is 0. The van der Waals surface area contributed by atoms with Crippen molar-refractivity contribution in [2.24, 2.45) is 0 Å². The predicted octanol–water partition coefficient (Wildman–Crippen LogP) is 1.52. The maximum atomic E-state index is 5.62. The largest absolute Gasteiger partial charge is 0.373 e. The summed E-state index contributed by atoms with van der Waals surface area (Å²) < 4.78 is 9.42. The van der Waals surface area contributed by atoms with Crippen LogP contribution >= 0.6 is 11.5 Å². The fraction of sp³-hybridized carbons (Fsp3) is 0.750. The number of aromatic nitrogens is 2. The van der Waals surface area contributed by atoms with Gasteiger partial charge in [-0.2, -0.15) is 0 Å². The van der Waals surface area contributed by atoms with E-state index in [9.17, 15) is 0 Å². The van der Waals surface area contributed by atoms with Gasteiger partial charge in [-0.25, -0.2) is 0 Å². The van der Waals surface area contributed by atoms with Gasteiger partial charge in [0.25, 0.3) is 0 Å². The molecule has 2 heterocycles. The van der Waals surface area contributed by atoms with Gasteiger partial charge in [0, 0.05) is 11.5 Å². The molecule has 0 aromatic carbocycles. The maximum Gasteiger partial charge on any atom is 0.130 e. The van der Waals surface area contributed by atoms with E-state index in [0.717, 1.165) is 11.4 Å². The molecule has 0 aliphatic carbocycles. The highest BCUT2D eigenvalue weighted by molar-refractivity contribution is 7.09. The van der Waals surface area contributed by atoms with E-state index in [0.29, 0.717) is 12.1 Å². The lowest BCUT2D eigenvalue weighted by Gasteiger charge is -2.14. The van der Waals surface area contributed by atoms with Crippen molar-refractivity contribution in [3.05, 3.63) is 6.20 Å². The van der Waals surface area contributed by atoms with Crippen LogP contribution < -0.4 is 5.32 Å². The van der Waals surface area contributed by atoms with E-state index in [4.69, 9.17) is 4.74 Å². The van der Waals surface area contributed by atoms with Gasteiger partial charge in [0.05, 0.1) is 24.4 Å². The van der Waals surface area contributed by atoms with Gasteiger partial charge in [-0.3, -0.25) is 0 Å². The zero-order valence-corrected chi connectivity index (χ0v) is 8.54. The van der Waals surface area contributed by atoms with Crippen LogP contribution in [0.15, 0.2) is 6.20 Å². The number of nitrogens with zero attached hydrogens (tertiary/aromatic N) is 2. The quantitative estimate of drug-likeness (QED) is 0.784. The molecular formula is C8H13N3OS. The first-order chi connectivity index (χ1) is 6.25. The summed E-state index contributed by atoms with van der Waals surface area (Å²) in [5, 5.41) is 8.17. The topological polar surface area (TPSA) is 47.0 Å². The molecule has 1 aliphatic heterocycles. The van der Waals surface area contributed by atoms with Crippen LogP contribution in [0, 0.1) is 0 Å². The van der Waals surface area contributed by atoms with Gasteiger partial charge in [0.15, 0.2) is 0 Å². The summed E-state index contributed by atoms with van der Waals surface area (Å²) >= 11 is 1.39. The molecule has 1 aliphatic rings. The minimum absolute atomic E-state index is 0.275. The molecule has 2 rings (SSSR count). The highest BCUT2D eigenvalue weighted by Gasteiger charge is 2.29. The monoisotopic (exact) mass is 199 g/mol. The standard InChI is InChI=1S/C8H13N3OS/c1-5-3-7(6(2)12-5)10-8-4-9-11-13-8/h4-7,10H,3H2,1-2H3. The van der Waals surface area contributed by atoms with Gasteiger partial charge in [0.2, 0.25) is 0 Å². The van der Waals surface area contributed by atoms with Crippen molar-refractivity contribution < 1.29 is 4.74 Å². The molecule has 0 bridgehead atoms. The lowest BCUT2D eigenvalue weighted by Crippen LogP contribution is -2.26. The van der Waals surface area contributed by atoms with Gasteiger partial charge in [0.1, 0.15) is 5.00 Å². The van der Waals surface area contributed by atoms with E-state index >= 15 is 0 Å². The Kier molecular flexibility index (Phi) is 2.46. The average Bonchev–Trinajstić information content (AvgIpc) is 2.63. The highest BCUT2D eigenvalue weighted by Crippen LogP contribution is 2.24. The molecule has 0 spiro atoms.